The molecule has 3 nitrogen and oxygen atoms in total. The van der Waals surface area contributed by atoms with Crippen molar-refractivity contribution in [1.29, 1.82) is 0 Å². The van der Waals surface area contributed by atoms with Crippen LogP contribution in [-0.2, 0) is 12.8 Å². The number of fused-ring (bicyclic) bond motifs is 1. The third-order valence-corrected chi connectivity index (χ3v) is 4.90. The predicted molar refractivity (Wildman–Crippen MR) is 98.4 cm³/mol. The van der Waals surface area contributed by atoms with Gasteiger partial charge in [0.25, 0.3) is 0 Å². The lowest BCUT2D eigenvalue weighted by Gasteiger charge is -2.23. The Hall–Kier alpha value is -2.00. The number of benzene rings is 2. The molecule has 0 radical (unpaired) electrons. The van der Waals surface area contributed by atoms with Gasteiger partial charge >= 0.3 is 0 Å². The number of hydrogen-bond donors (Lipinski definition) is 1. The standard InChI is InChI=1S/C21H27NO2/c1-4-8-17-16-11-12-22-14-19(15-9-6-5-7-10-15)18(16)13-20(23-2)21(17)24-3/h5-7,9-10,13,19,22H,4,8,11-12,14H2,1-3H3. The summed E-state index contributed by atoms with van der Waals surface area (Å²) < 4.78 is 11.4. The highest BCUT2D eigenvalue weighted by Crippen LogP contribution is 2.41. The zero-order valence-electron chi connectivity index (χ0n) is 14.9. The van der Waals surface area contributed by atoms with Crippen LogP contribution in [0.2, 0.25) is 0 Å². The van der Waals surface area contributed by atoms with Gasteiger partial charge in [-0.15, -0.1) is 0 Å². The highest BCUT2D eigenvalue weighted by Gasteiger charge is 2.26. The van der Waals surface area contributed by atoms with Gasteiger partial charge in [0, 0.05) is 18.0 Å². The summed E-state index contributed by atoms with van der Waals surface area (Å²) in [7, 11) is 3.47. The lowest BCUT2D eigenvalue weighted by molar-refractivity contribution is 0.350. The molecule has 2 aromatic carbocycles. The average molecular weight is 325 g/mol. The van der Waals surface area contributed by atoms with Crippen molar-refractivity contribution in [2.24, 2.45) is 0 Å². The Labute approximate surface area is 145 Å². The van der Waals surface area contributed by atoms with Crippen LogP contribution in [-0.4, -0.2) is 27.3 Å². The second kappa shape index (κ2) is 7.71. The van der Waals surface area contributed by atoms with Crippen LogP contribution in [0.1, 0.15) is 41.5 Å². The van der Waals surface area contributed by atoms with E-state index in [2.05, 4.69) is 48.6 Å². The first-order chi connectivity index (χ1) is 11.8. The molecule has 0 saturated carbocycles. The van der Waals surface area contributed by atoms with Crippen molar-refractivity contribution < 1.29 is 9.47 Å². The lowest BCUT2D eigenvalue weighted by Crippen LogP contribution is -2.20. The summed E-state index contributed by atoms with van der Waals surface area (Å²) in [6, 6.07) is 12.9. The van der Waals surface area contributed by atoms with E-state index in [0.29, 0.717) is 5.92 Å². The molecule has 1 unspecified atom stereocenters. The molecule has 3 rings (SSSR count). The summed E-state index contributed by atoms with van der Waals surface area (Å²) in [5.41, 5.74) is 5.49. The summed E-state index contributed by atoms with van der Waals surface area (Å²) >= 11 is 0. The summed E-state index contributed by atoms with van der Waals surface area (Å²) in [5, 5.41) is 3.61. The first-order valence-corrected chi connectivity index (χ1v) is 8.82. The van der Waals surface area contributed by atoms with E-state index in [-0.39, 0.29) is 0 Å². The smallest absolute Gasteiger partial charge is 0.164 e. The van der Waals surface area contributed by atoms with Gasteiger partial charge in [0.1, 0.15) is 0 Å². The molecule has 0 bridgehead atoms. The second-order valence-electron chi connectivity index (χ2n) is 6.33. The van der Waals surface area contributed by atoms with Gasteiger partial charge in [-0.05, 0) is 42.1 Å². The quantitative estimate of drug-likeness (QED) is 0.903. The lowest BCUT2D eigenvalue weighted by atomic mass is 9.84. The minimum Gasteiger partial charge on any atom is -0.493 e. The third kappa shape index (κ3) is 3.13. The molecule has 0 aliphatic carbocycles. The van der Waals surface area contributed by atoms with Crippen LogP contribution in [0, 0.1) is 0 Å². The van der Waals surface area contributed by atoms with Crippen molar-refractivity contribution in [3.05, 3.63) is 58.7 Å². The van der Waals surface area contributed by atoms with E-state index < -0.39 is 0 Å². The summed E-state index contributed by atoms with van der Waals surface area (Å²) in [6.45, 7) is 4.18. The molecule has 24 heavy (non-hydrogen) atoms. The predicted octanol–water partition coefficient (Wildman–Crippen LogP) is 3.93. The van der Waals surface area contributed by atoms with Gasteiger partial charge in [-0.3, -0.25) is 0 Å². The van der Waals surface area contributed by atoms with E-state index in [1.165, 1.54) is 22.3 Å². The molecule has 1 aliphatic rings. The average Bonchev–Trinajstić information content (AvgIpc) is 2.84. The Kier molecular flexibility index (Phi) is 5.41. The minimum absolute atomic E-state index is 0.346. The first-order valence-electron chi connectivity index (χ1n) is 8.82. The molecular weight excluding hydrogens is 298 g/mol. The van der Waals surface area contributed by atoms with Crippen molar-refractivity contribution in [3.8, 4) is 11.5 Å². The Morgan fingerprint density at radius 1 is 1.12 bits per heavy atom. The highest BCUT2D eigenvalue weighted by molar-refractivity contribution is 5.57. The summed E-state index contributed by atoms with van der Waals surface area (Å²) in [5.74, 6) is 2.11. The van der Waals surface area contributed by atoms with Crippen LogP contribution in [0.3, 0.4) is 0 Å². The van der Waals surface area contributed by atoms with Crippen LogP contribution in [0.25, 0.3) is 0 Å². The minimum atomic E-state index is 0.346. The number of nitrogens with one attached hydrogen (secondary N) is 1. The van der Waals surface area contributed by atoms with Crippen LogP contribution < -0.4 is 14.8 Å². The van der Waals surface area contributed by atoms with Crippen LogP contribution in [0.5, 0.6) is 11.5 Å². The van der Waals surface area contributed by atoms with E-state index in [4.69, 9.17) is 9.47 Å². The number of ether oxygens (including phenoxy) is 2. The van der Waals surface area contributed by atoms with E-state index in [1.54, 1.807) is 14.2 Å². The second-order valence-corrected chi connectivity index (χ2v) is 6.33. The van der Waals surface area contributed by atoms with E-state index in [0.717, 1.165) is 43.9 Å². The maximum absolute atomic E-state index is 5.72. The molecule has 0 amide bonds. The van der Waals surface area contributed by atoms with Gasteiger partial charge in [-0.25, -0.2) is 0 Å². The SMILES string of the molecule is CCCc1c2c(cc(OC)c1OC)C(c1ccccc1)CNCC2. The van der Waals surface area contributed by atoms with Gasteiger partial charge in [0.2, 0.25) is 0 Å². The van der Waals surface area contributed by atoms with Gasteiger partial charge < -0.3 is 14.8 Å². The molecule has 0 saturated heterocycles. The maximum atomic E-state index is 5.72. The fourth-order valence-electron chi connectivity index (χ4n) is 3.80. The Morgan fingerprint density at radius 2 is 1.92 bits per heavy atom. The Bertz CT molecular complexity index is 682. The fraction of sp³-hybridized carbons (Fsp3) is 0.429. The largest absolute Gasteiger partial charge is 0.493 e. The molecule has 0 spiro atoms. The van der Waals surface area contributed by atoms with Gasteiger partial charge in [-0.2, -0.15) is 0 Å². The van der Waals surface area contributed by atoms with Crippen molar-refractivity contribution in [2.75, 3.05) is 27.3 Å². The van der Waals surface area contributed by atoms with Gasteiger partial charge in [0.05, 0.1) is 14.2 Å². The molecule has 0 fully saturated rings. The Balaban J connectivity index is 2.20. The topological polar surface area (TPSA) is 30.5 Å². The summed E-state index contributed by atoms with van der Waals surface area (Å²) in [6.07, 6.45) is 3.15. The zero-order chi connectivity index (χ0) is 16.9. The number of rotatable bonds is 5. The van der Waals surface area contributed by atoms with Crippen molar-refractivity contribution in [1.82, 2.24) is 5.32 Å². The summed E-state index contributed by atoms with van der Waals surface area (Å²) in [4.78, 5) is 0. The van der Waals surface area contributed by atoms with Crippen LogP contribution in [0.4, 0.5) is 0 Å². The molecule has 1 atom stereocenters. The molecule has 1 N–H and O–H groups in total. The van der Waals surface area contributed by atoms with Crippen LogP contribution >= 0.6 is 0 Å². The van der Waals surface area contributed by atoms with Crippen molar-refractivity contribution >= 4 is 0 Å². The monoisotopic (exact) mass is 325 g/mol. The van der Waals surface area contributed by atoms with Crippen molar-refractivity contribution in [2.45, 2.75) is 32.1 Å². The van der Waals surface area contributed by atoms with E-state index >= 15 is 0 Å². The zero-order valence-corrected chi connectivity index (χ0v) is 14.9. The molecule has 128 valence electrons. The molecule has 1 aliphatic heterocycles. The van der Waals surface area contributed by atoms with E-state index in [9.17, 15) is 0 Å². The number of methoxy groups -OCH3 is 2. The Morgan fingerprint density at radius 3 is 2.58 bits per heavy atom. The van der Waals surface area contributed by atoms with Crippen molar-refractivity contribution in [3.63, 3.8) is 0 Å². The number of hydrogen-bond acceptors (Lipinski definition) is 3. The molecule has 0 aromatic heterocycles. The van der Waals surface area contributed by atoms with Gasteiger partial charge in [-0.1, -0.05) is 43.7 Å². The molecule has 3 heteroatoms. The molecule has 2 aromatic rings. The molecular formula is C21H27NO2. The first kappa shape index (κ1) is 16.8. The van der Waals surface area contributed by atoms with Crippen LogP contribution in [0.15, 0.2) is 36.4 Å². The third-order valence-electron chi connectivity index (χ3n) is 4.90. The highest BCUT2D eigenvalue weighted by atomic mass is 16.5. The van der Waals surface area contributed by atoms with E-state index in [1.807, 2.05) is 0 Å². The fourth-order valence-corrected chi connectivity index (χ4v) is 3.80. The molecule has 1 heterocycles. The normalized spacial score (nSPS) is 17.0. The van der Waals surface area contributed by atoms with Gasteiger partial charge in [0.15, 0.2) is 11.5 Å². The maximum Gasteiger partial charge on any atom is 0.164 e.